The van der Waals surface area contributed by atoms with Crippen molar-refractivity contribution in [1.82, 2.24) is 0 Å². The number of carbonyl (C=O) groups is 1. The molecule has 98 valence electrons. The number of benzene rings is 2. The molecule has 0 aliphatic rings. The molecule has 0 heterocycles. The predicted molar refractivity (Wildman–Crippen MR) is 76.3 cm³/mol. The molecular weight excluding hydrogens is 240 g/mol. The zero-order valence-corrected chi connectivity index (χ0v) is 10.7. The van der Waals surface area contributed by atoms with Crippen LogP contribution in [0.2, 0.25) is 0 Å². The summed E-state index contributed by atoms with van der Waals surface area (Å²) in [7, 11) is 0. The van der Waals surface area contributed by atoms with E-state index in [0.717, 1.165) is 5.56 Å². The largest absolute Gasteiger partial charge is 0.478 e. The minimum Gasteiger partial charge on any atom is -0.478 e. The first-order valence-corrected chi connectivity index (χ1v) is 5.98. The van der Waals surface area contributed by atoms with Crippen molar-refractivity contribution in [3.8, 4) is 0 Å². The van der Waals surface area contributed by atoms with Crippen LogP contribution in [-0.2, 0) is 6.54 Å². The quantitative estimate of drug-likeness (QED) is 0.735. The number of nitrogens with one attached hydrogen (secondary N) is 1. The van der Waals surface area contributed by atoms with Crippen molar-refractivity contribution in [2.45, 2.75) is 13.5 Å². The summed E-state index contributed by atoms with van der Waals surface area (Å²) < 4.78 is 0. The van der Waals surface area contributed by atoms with Crippen molar-refractivity contribution < 1.29 is 9.90 Å². The van der Waals surface area contributed by atoms with Gasteiger partial charge in [0, 0.05) is 6.54 Å². The van der Waals surface area contributed by atoms with Gasteiger partial charge in [0.1, 0.15) is 0 Å². The van der Waals surface area contributed by atoms with E-state index in [-0.39, 0.29) is 5.56 Å². The summed E-state index contributed by atoms with van der Waals surface area (Å²) in [5.74, 6) is -0.960. The number of hydrogen-bond acceptors (Lipinski definition) is 3. The van der Waals surface area contributed by atoms with Gasteiger partial charge in [-0.3, -0.25) is 0 Å². The number of hydrogen-bond donors (Lipinski definition) is 3. The molecule has 4 N–H and O–H groups in total. The van der Waals surface area contributed by atoms with Crippen molar-refractivity contribution in [3.05, 3.63) is 59.2 Å². The Labute approximate surface area is 111 Å². The Balaban J connectivity index is 2.12. The fourth-order valence-corrected chi connectivity index (χ4v) is 1.75. The zero-order valence-electron chi connectivity index (χ0n) is 10.7. The van der Waals surface area contributed by atoms with Gasteiger partial charge in [0.2, 0.25) is 0 Å². The summed E-state index contributed by atoms with van der Waals surface area (Å²) in [6.07, 6.45) is 0. The third-order valence-corrected chi connectivity index (χ3v) is 2.90. The van der Waals surface area contributed by atoms with Gasteiger partial charge in [-0.15, -0.1) is 0 Å². The van der Waals surface area contributed by atoms with Gasteiger partial charge in [-0.05, 0) is 30.7 Å². The van der Waals surface area contributed by atoms with E-state index in [4.69, 9.17) is 10.8 Å². The van der Waals surface area contributed by atoms with Crippen LogP contribution < -0.4 is 11.1 Å². The maximum Gasteiger partial charge on any atom is 0.335 e. The fourth-order valence-electron chi connectivity index (χ4n) is 1.75. The second kappa shape index (κ2) is 5.44. The molecule has 0 unspecified atom stereocenters. The van der Waals surface area contributed by atoms with Gasteiger partial charge >= 0.3 is 5.97 Å². The van der Waals surface area contributed by atoms with E-state index in [2.05, 4.69) is 5.32 Å². The van der Waals surface area contributed by atoms with Crippen LogP contribution in [0, 0.1) is 6.92 Å². The molecule has 0 fully saturated rings. The highest BCUT2D eigenvalue weighted by Crippen LogP contribution is 2.21. The third kappa shape index (κ3) is 3.25. The lowest BCUT2D eigenvalue weighted by Crippen LogP contribution is -2.05. The lowest BCUT2D eigenvalue weighted by atomic mass is 10.1. The summed E-state index contributed by atoms with van der Waals surface area (Å²) in [5.41, 5.74) is 9.54. The van der Waals surface area contributed by atoms with Crippen LogP contribution in [0.25, 0.3) is 0 Å². The molecule has 0 aromatic heterocycles. The number of aromatic carboxylic acids is 1. The highest BCUT2D eigenvalue weighted by Gasteiger charge is 2.06. The van der Waals surface area contributed by atoms with Gasteiger partial charge in [-0.25, -0.2) is 4.79 Å². The SMILES string of the molecule is Cc1ccc(CNc2cc(C(=O)O)ccc2N)cc1. The summed E-state index contributed by atoms with van der Waals surface area (Å²) in [6.45, 7) is 2.64. The molecule has 19 heavy (non-hydrogen) atoms. The Kier molecular flexibility index (Phi) is 3.71. The smallest absolute Gasteiger partial charge is 0.335 e. The topological polar surface area (TPSA) is 75.3 Å². The molecule has 4 nitrogen and oxygen atoms in total. The van der Waals surface area contributed by atoms with E-state index >= 15 is 0 Å². The highest BCUT2D eigenvalue weighted by molar-refractivity contribution is 5.90. The third-order valence-electron chi connectivity index (χ3n) is 2.90. The summed E-state index contributed by atoms with van der Waals surface area (Å²) in [4.78, 5) is 10.9. The van der Waals surface area contributed by atoms with E-state index in [1.54, 1.807) is 12.1 Å². The second-order valence-corrected chi connectivity index (χ2v) is 4.45. The van der Waals surface area contributed by atoms with E-state index < -0.39 is 5.97 Å². The van der Waals surface area contributed by atoms with Crippen molar-refractivity contribution in [3.63, 3.8) is 0 Å². The van der Waals surface area contributed by atoms with Crippen molar-refractivity contribution in [2.24, 2.45) is 0 Å². The van der Waals surface area contributed by atoms with Gasteiger partial charge in [-0.2, -0.15) is 0 Å². The van der Waals surface area contributed by atoms with Gasteiger partial charge < -0.3 is 16.2 Å². The van der Waals surface area contributed by atoms with Crippen molar-refractivity contribution in [1.29, 1.82) is 0 Å². The number of rotatable bonds is 4. The maximum absolute atomic E-state index is 10.9. The van der Waals surface area contributed by atoms with Crippen LogP contribution in [0.4, 0.5) is 11.4 Å². The standard InChI is InChI=1S/C15H16N2O2/c1-10-2-4-11(5-3-10)9-17-14-8-12(15(18)19)6-7-13(14)16/h2-8,17H,9,16H2,1H3,(H,18,19). The van der Waals surface area contributed by atoms with Crippen LogP contribution in [0.1, 0.15) is 21.5 Å². The Morgan fingerprint density at radius 3 is 2.53 bits per heavy atom. The number of anilines is 2. The Morgan fingerprint density at radius 1 is 1.21 bits per heavy atom. The van der Waals surface area contributed by atoms with Crippen molar-refractivity contribution in [2.75, 3.05) is 11.1 Å². The fraction of sp³-hybridized carbons (Fsp3) is 0.133. The number of carboxylic acids is 1. The molecule has 0 atom stereocenters. The maximum atomic E-state index is 10.9. The zero-order chi connectivity index (χ0) is 13.8. The summed E-state index contributed by atoms with van der Waals surface area (Å²) in [6, 6.07) is 12.8. The molecule has 2 rings (SSSR count). The molecule has 2 aromatic carbocycles. The van der Waals surface area contributed by atoms with Crippen molar-refractivity contribution >= 4 is 17.3 Å². The molecule has 0 amide bonds. The van der Waals surface area contributed by atoms with E-state index in [1.807, 2.05) is 31.2 Å². The van der Waals surface area contributed by atoms with Gasteiger partial charge in [0.15, 0.2) is 0 Å². The average molecular weight is 256 g/mol. The first-order chi connectivity index (χ1) is 9.06. The first kappa shape index (κ1) is 13.0. The monoisotopic (exact) mass is 256 g/mol. The van der Waals surface area contributed by atoms with E-state index in [9.17, 15) is 4.79 Å². The normalized spacial score (nSPS) is 10.2. The number of nitrogens with two attached hydrogens (primary N) is 1. The Bertz CT molecular complexity index is 592. The lowest BCUT2D eigenvalue weighted by Gasteiger charge is -2.10. The number of nitrogen functional groups attached to an aromatic ring is 1. The summed E-state index contributed by atoms with van der Waals surface area (Å²) >= 11 is 0. The minimum atomic E-state index is -0.960. The van der Waals surface area contributed by atoms with Gasteiger partial charge in [0.25, 0.3) is 0 Å². The molecule has 0 spiro atoms. The van der Waals surface area contributed by atoms with E-state index in [1.165, 1.54) is 11.6 Å². The Hall–Kier alpha value is -2.49. The number of carboxylic acid groups (broad SMARTS) is 1. The van der Waals surface area contributed by atoms with Crippen LogP contribution in [0.3, 0.4) is 0 Å². The van der Waals surface area contributed by atoms with E-state index in [0.29, 0.717) is 17.9 Å². The Morgan fingerprint density at radius 2 is 1.89 bits per heavy atom. The molecule has 0 saturated carbocycles. The van der Waals surface area contributed by atoms with Gasteiger partial charge in [-0.1, -0.05) is 29.8 Å². The molecule has 0 aliphatic carbocycles. The molecular formula is C15H16N2O2. The van der Waals surface area contributed by atoms with Gasteiger partial charge in [0.05, 0.1) is 16.9 Å². The highest BCUT2D eigenvalue weighted by atomic mass is 16.4. The van der Waals surface area contributed by atoms with Crippen LogP contribution in [0.15, 0.2) is 42.5 Å². The average Bonchev–Trinajstić information content (AvgIpc) is 2.39. The molecule has 4 heteroatoms. The minimum absolute atomic E-state index is 0.223. The van der Waals surface area contributed by atoms with Crippen LogP contribution in [0.5, 0.6) is 0 Å². The molecule has 0 saturated heterocycles. The van der Waals surface area contributed by atoms with Crippen LogP contribution in [-0.4, -0.2) is 11.1 Å². The molecule has 0 radical (unpaired) electrons. The first-order valence-electron chi connectivity index (χ1n) is 5.98. The lowest BCUT2D eigenvalue weighted by molar-refractivity contribution is 0.0697. The molecule has 0 aliphatic heterocycles. The molecule has 2 aromatic rings. The van der Waals surface area contributed by atoms with Crippen LogP contribution >= 0.6 is 0 Å². The number of aryl methyl sites for hydroxylation is 1. The molecule has 0 bridgehead atoms. The second-order valence-electron chi connectivity index (χ2n) is 4.45. The summed E-state index contributed by atoms with van der Waals surface area (Å²) in [5, 5.41) is 12.1. The predicted octanol–water partition coefficient (Wildman–Crippen LogP) is 2.89.